The molecule has 126 valence electrons. The van der Waals surface area contributed by atoms with Gasteiger partial charge >= 0.3 is 0 Å². The molecular formula is C21H18ClNOS. The Kier molecular flexibility index (Phi) is 5.79. The fourth-order valence-electron chi connectivity index (χ4n) is 2.45. The van der Waals surface area contributed by atoms with Crippen LogP contribution in [0.1, 0.15) is 21.5 Å². The maximum Gasteiger partial charge on any atom is 0.256 e. The Labute approximate surface area is 157 Å². The van der Waals surface area contributed by atoms with E-state index in [2.05, 4.69) is 17.4 Å². The van der Waals surface area contributed by atoms with Crippen LogP contribution in [0.2, 0.25) is 5.02 Å². The maximum absolute atomic E-state index is 12.7. The first-order valence-electron chi connectivity index (χ1n) is 7.97. The molecule has 3 rings (SSSR count). The molecule has 0 saturated carbocycles. The lowest BCUT2D eigenvalue weighted by Gasteiger charge is -2.12. The molecule has 4 heteroatoms. The molecule has 0 aliphatic heterocycles. The van der Waals surface area contributed by atoms with Crippen LogP contribution < -0.4 is 5.32 Å². The first-order chi connectivity index (χ1) is 12.1. The minimum Gasteiger partial charge on any atom is -0.322 e. The van der Waals surface area contributed by atoms with Crippen LogP contribution in [0.4, 0.5) is 5.69 Å². The van der Waals surface area contributed by atoms with Gasteiger partial charge in [0.05, 0.1) is 5.56 Å². The number of rotatable bonds is 5. The number of carbonyl (C=O) groups is 1. The minimum atomic E-state index is -0.124. The van der Waals surface area contributed by atoms with Crippen molar-refractivity contribution in [3.63, 3.8) is 0 Å². The first kappa shape index (κ1) is 17.6. The Hall–Kier alpha value is -2.23. The van der Waals surface area contributed by atoms with Crippen LogP contribution >= 0.6 is 23.4 Å². The van der Waals surface area contributed by atoms with E-state index in [1.807, 2.05) is 67.6 Å². The number of amides is 1. The lowest BCUT2D eigenvalue weighted by atomic mass is 10.1. The molecule has 25 heavy (non-hydrogen) atoms. The second-order valence-corrected chi connectivity index (χ2v) is 7.06. The fourth-order valence-corrected chi connectivity index (χ4v) is 3.63. The van der Waals surface area contributed by atoms with Crippen molar-refractivity contribution in [3.8, 4) is 0 Å². The van der Waals surface area contributed by atoms with E-state index in [0.29, 0.717) is 10.6 Å². The van der Waals surface area contributed by atoms with E-state index in [0.717, 1.165) is 21.9 Å². The van der Waals surface area contributed by atoms with Crippen LogP contribution in [0.5, 0.6) is 0 Å². The third-order valence-electron chi connectivity index (χ3n) is 3.88. The molecule has 0 saturated heterocycles. The van der Waals surface area contributed by atoms with Gasteiger partial charge in [-0.25, -0.2) is 0 Å². The summed E-state index contributed by atoms with van der Waals surface area (Å²) in [4.78, 5) is 13.7. The van der Waals surface area contributed by atoms with Crippen molar-refractivity contribution in [2.24, 2.45) is 0 Å². The zero-order valence-electron chi connectivity index (χ0n) is 13.8. The van der Waals surface area contributed by atoms with Crippen LogP contribution in [-0.4, -0.2) is 5.91 Å². The molecule has 2 nitrogen and oxygen atoms in total. The van der Waals surface area contributed by atoms with Crippen molar-refractivity contribution in [2.75, 3.05) is 5.32 Å². The van der Waals surface area contributed by atoms with Gasteiger partial charge in [-0.3, -0.25) is 4.79 Å². The molecule has 0 heterocycles. The van der Waals surface area contributed by atoms with Gasteiger partial charge in [-0.2, -0.15) is 0 Å². The first-order valence-corrected chi connectivity index (χ1v) is 9.34. The summed E-state index contributed by atoms with van der Waals surface area (Å²) in [6.07, 6.45) is 0. The number of halogens is 1. The van der Waals surface area contributed by atoms with Crippen molar-refractivity contribution in [2.45, 2.75) is 17.6 Å². The molecule has 0 unspecified atom stereocenters. The number of benzene rings is 3. The molecule has 0 radical (unpaired) electrons. The maximum atomic E-state index is 12.7. The Bertz CT molecular complexity index is 880. The minimum absolute atomic E-state index is 0.124. The average molecular weight is 368 g/mol. The zero-order chi connectivity index (χ0) is 17.6. The van der Waals surface area contributed by atoms with Crippen LogP contribution in [0.15, 0.2) is 77.7 Å². The molecule has 3 aromatic carbocycles. The Morgan fingerprint density at radius 2 is 1.68 bits per heavy atom. The predicted octanol–water partition coefficient (Wildman–Crippen LogP) is 6.19. The summed E-state index contributed by atoms with van der Waals surface area (Å²) in [7, 11) is 0. The number of nitrogens with one attached hydrogen (secondary N) is 1. The summed E-state index contributed by atoms with van der Waals surface area (Å²) in [5, 5.41) is 3.61. The van der Waals surface area contributed by atoms with E-state index in [-0.39, 0.29) is 5.91 Å². The van der Waals surface area contributed by atoms with Gasteiger partial charge in [-0.1, -0.05) is 60.1 Å². The number of hydrogen-bond acceptors (Lipinski definition) is 2. The van der Waals surface area contributed by atoms with Crippen LogP contribution in [-0.2, 0) is 5.75 Å². The highest BCUT2D eigenvalue weighted by molar-refractivity contribution is 7.98. The van der Waals surface area contributed by atoms with E-state index in [1.165, 1.54) is 5.56 Å². The molecular weight excluding hydrogens is 350 g/mol. The summed E-state index contributed by atoms with van der Waals surface area (Å²) in [6.45, 7) is 1.90. The SMILES string of the molecule is Cc1c(Cl)cccc1NC(=O)c1ccccc1SCc1ccccc1. The number of carbonyl (C=O) groups excluding carboxylic acids is 1. The molecule has 0 fully saturated rings. The monoisotopic (exact) mass is 367 g/mol. The van der Waals surface area contributed by atoms with E-state index in [4.69, 9.17) is 11.6 Å². The number of thioether (sulfide) groups is 1. The van der Waals surface area contributed by atoms with Crippen molar-refractivity contribution in [1.29, 1.82) is 0 Å². The number of hydrogen-bond donors (Lipinski definition) is 1. The second kappa shape index (κ2) is 8.24. The molecule has 1 N–H and O–H groups in total. The summed E-state index contributed by atoms with van der Waals surface area (Å²) >= 11 is 7.80. The third kappa shape index (κ3) is 4.44. The van der Waals surface area contributed by atoms with E-state index < -0.39 is 0 Å². The Balaban J connectivity index is 1.78. The molecule has 0 aliphatic rings. The van der Waals surface area contributed by atoms with Crippen molar-refractivity contribution in [1.82, 2.24) is 0 Å². The van der Waals surface area contributed by atoms with Crippen LogP contribution in [0, 0.1) is 6.92 Å². The van der Waals surface area contributed by atoms with Crippen LogP contribution in [0.3, 0.4) is 0 Å². The highest BCUT2D eigenvalue weighted by Gasteiger charge is 2.13. The van der Waals surface area contributed by atoms with Gasteiger partial charge in [-0.05, 0) is 42.3 Å². The van der Waals surface area contributed by atoms with Gasteiger partial charge in [0.15, 0.2) is 0 Å². The van der Waals surface area contributed by atoms with Gasteiger partial charge < -0.3 is 5.32 Å². The van der Waals surface area contributed by atoms with Gasteiger partial charge in [0.25, 0.3) is 5.91 Å². The second-order valence-electron chi connectivity index (χ2n) is 5.64. The van der Waals surface area contributed by atoms with Gasteiger partial charge in [0.1, 0.15) is 0 Å². The Morgan fingerprint density at radius 1 is 0.960 bits per heavy atom. The van der Waals surface area contributed by atoms with Gasteiger partial charge in [0, 0.05) is 21.4 Å². The average Bonchev–Trinajstić information content (AvgIpc) is 2.65. The zero-order valence-corrected chi connectivity index (χ0v) is 15.4. The van der Waals surface area contributed by atoms with Crippen molar-refractivity contribution in [3.05, 3.63) is 94.5 Å². The highest BCUT2D eigenvalue weighted by atomic mass is 35.5. The van der Waals surface area contributed by atoms with Crippen LogP contribution in [0.25, 0.3) is 0 Å². The fraction of sp³-hybridized carbons (Fsp3) is 0.0952. The highest BCUT2D eigenvalue weighted by Crippen LogP contribution is 2.28. The quantitative estimate of drug-likeness (QED) is 0.544. The van der Waals surface area contributed by atoms with E-state index in [9.17, 15) is 4.79 Å². The van der Waals surface area contributed by atoms with Crippen molar-refractivity contribution >= 4 is 35.0 Å². The lowest BCUT2D eigenvalue weighted by Crippen LogP contribution is -2.13. The summed E-state index contributed by atoms with van der Waals surface area (Å²) in [5.74, 6) is 0.697. The molecule has 0 aliphatic carbocycles. The Morgan fingerprint density at radius 3 is 2.48 bits per heavy atom. The predicted molar refractivity (Wildman–Crippen MR) is 107 cm³/mol. The topological polar surface area (TPSA) is 29.1 Å². The third-order valence-corrected chi connectivity index (χ3v) is 5.44. The largest absolute Gasteiger partial charge is 0.322 e. The van der Waals surface area contributed by atoms with E-state index >= 15 is 0 Å². The summed E-state index contributed by atoms with van der Waals surface area (Å²) < 4.78 is 0. The van der Waals surface area contributed by atoms with Gasteiger partial charge in [-0.15, -0.1) is 11.8 Å². The molecule has 0 spiro atoms. The summed E-state index contributed by atoms with van der Waals surface area (Å²) in [5.41, 5.74) is 3.50. The number of anilines is 1. The normalized spacial score (nSPS) is 10.5. The standard InChI is InChI=1S/C21H18ClNOS/c1-15-18(22)11-7-12-19(15)23-21(24)17-10-5-6-13-20(17)25-14-16-8-3-2-4-9-16/h2-13H,14H2,1H3,(H,23,24). The molecule has 0 atom stereocenters. The van der Waals surface area contributed by atoms with Crippen molar-refractivity contribution < 1.29 is 4.79 Å². The molecule has 1 amide bonds. The molecule has 0 aromatic heterocycles. The van der Waals surface area contributed by atoms with Gasteiger partial charge in [0.2, 0.25) is 0 Å². The van der Waals surface area contributed by atoms with E-state index in [1.54, 1.807) is 11.8 Å². The molecule has 3 aromatic rings. The molecule has 0 bridgehead atoms. The summed E-state index contributed by atoms with van der Waals surface area (Å²) in [6, 6.07) is 23.4. The smallest absolute Gasteiger partial charge is 0.256 e. The lowest BCUT2D eigenvalue weighted by molar-refractivity contribution is 0.102.